The first-order chi connectivity index (χ1) is 15.2. The van der Waals surface area contributed by atoms with Crippen molar-refractivity contribution in [1.82, 2.24) is 0 Å². The van der Waals surface area contributed by atoms with Crippen LogP contribution in [0.4, 0.5) is 17.1 Å². The highest BCUT2D eigenvalue weighted by molar-refractivity contribution is 5.83. The number of nitrogens with zero attached hydrogens (tertiary/aromatic N) is 1. The third-order valence-electron chi connectivity index (χ3n) is 4.93. The summed E-state index contributed by atoms with van der Waals surface area (Å²) in [7, 11) is 0. The standard InChI is InChI=1S/C27H24N2O2/c1-2-27(30)31-26-18-16-24(17-19-26)29(23-13-7-4-8-14-23)25-15-9-12-22(20-25)28-21-10-5-3-6-11-21/h2-8,10-14,16-20,28H,1,9,15H2. The van der Waals surface area contributed by atoms with Crippen LogP contribution in [-0.2, 0) is 4.79 Å². The normalized spacial score (nSPS) is 12.9. The number of ether oxygens (including phenoxy) is 1. The monoisotopic (exact) mass is 408 g/mol. The van der Waals surface area contributed by atoms with Gasteiger partial charge < -0.3 is 15.0 Å². The fourth-order valence-corrected chi connectivity index (χ4v) is 3.52. The number of anilines is 3. The van der Waals surface area contributed by atoms with Crippen LogP contribution in [0.15, 0.2) is 121 Å². The smallest absolute Gasteiger partial charge is 0.335 e. The first kappa shape index (κ1) is 20.2. The molecule has 0 spiro atoms. The maximum Gasteiger partial charge on any atom is 0.335 e. The summed E-state index contributed by atoms with van der Waals surface area (Å²) in [6.45, 7) is 3.44. The number of carbonyl (C=O) groups is 1. The van der Waals surface area contributed by atoms with Crippen LogP contribution in [0.1, 0.15) is 12.8 Å². The average molecular weight is 409 g/mol. The van der Waals surface area contributed by atoms with Crippen molar-refractivity contribution in [3.8, 4) is 5.75 Å². The lowest BCUT2D eigenvalue weighted by Crippen LogP contribution is -2.19. The molecule has 1 aliphatic rings. The average Bonchev–Trinajstić information content (AvgIpc) is 2.82. The number of esters is 1. The molecule has 0 radical (unpaired) electrons. The maximum atomic E-state index is 11.5. The van der Waals surface area contributed by atoms with Crippen LogP contribution in [0.3, 0.4) is 0 Å². The highest BCUT2D eigenvalue weighted by atomic mass is 16.5. The van der Waals surface area contributed by atoms with E-state index in [9.17, 15) is 4.79 Å². The molecular weight excluding hydrogens is 384 g/mol. The summed E-state index contributed by atoms with van der Waals surface area (Å²) >= 11 is 0. The molecule has 3 aromatic carbocycles. The Balaban J connectivity index is 1.65. The van der Waals surface area contributed by atoms with E-state index in [1.54, 1.807) is 12.1 Å². The third kappa shape index (κ3) is 5.11. The SMILES string of the molecule is C=CC(=O)Oc1ccc(N(C2=CC(Nc3ccccc3)=CCC2)c2ccccc2)cc1. The molecule has 31 heavy (non-hydrogen) atoms. The Labute approximate surface area is 182 Å². The Morgan fingerprint density at radius 2 is 1.55 bits per heavy atom. The molecule has 0 saturated heterocycles. The highest BCUT2D eigenvalue weighted by Gasteiger charge is 2.17. The van der Waals surface area contributed by atoms with Crippen molar-refractivity contribution in [3.05, 3.63) is 121 Å². The molecule has 4 nitrogen and oxygen atoms in total. The molecule has 0 unspecified atom stereocenters. The summed E-state index contributed by atoms with van der Waals surface area (Å²) in [6.07, 6.45) is 7.43. The van der Waals surface area contributed by atoms with Crippen molar-refractivity contribution in [2.75, 3.05) is 10.2 Å². The third-order valence-corrected chi connectivity index (χ3v) is 4.93. The largest absolute Gasteiger partial charge is 0.423 e. The Bertz CT molecular complexity index is 1100. The summed E-state index contributed by atoms with van der Waals surface area (Å²) in [5.41, 5.74) is 5.39. The van der Waals surface area contributed by atoms with Crippen LogP contribution in [-0.4, -0.2) is 5.97 Å². The van der Waals surface area contributed by atoms with Gasteiger partial charge in [0.25, 0.3) is 0 Å². The molecule has 0 aliphatic heterocycles. The van der Waals surface area contributed by atoms with E-state index in [0.717, 1.165) is 41.7 Å². The zero-order valence-corrected chi connectivity index (χ0v) is 17.2. The van der Waals surface area contributed by atoms with Crippen molar-refractivity contribution in [2.45, 2.75) is 12.8 Å². The van der Waals surface area contributed by atoms with E-state index in [4.69, 9.17) is 4.74 Å². The van der Waals surface area contributed by atoms with E-state index in [0.29, 0.717) is 5.75 Å². The lowest BCUT2D eigenvalue weighted by Gasteiger charge is -2.30. The quantitative estimate of drug-likeness (QED) is 0.272. The molecule has 1 N–H and O–H groups in total. The predicted octanol–water partition coefficient (Wildman–Crippen LogP) is 6.59. The fourth-order valence-electron chi connectivity index (χ4n) is 3.52. The van der Waals surface area contributed by atoms with E-state index in [2.05, 4.69) is 53.2 Å². The van der Waals surface area contributed by atoms with Gasteiger partial charge in [-0.15, -0.1) is 0 Å². The number of hydrogen-bond donors (Lipinski definition) is 1. The number of benzene rings is 3. The predicted molar refractivity (Wildman–Crippen MR) is 126 cm³/mol. The zero-order valence-electron chi connectivity index (χ0n) is 17.2. The van der Waals surface area contributed by atoms with Gasteiger partial charge in [0.15, 0.2) is 0 Å². The fraction of sp³-hybridized carbons (Fsp3) is 0.0741. The first-order valence-corrected chi connectivity index (χ1v) is 10.3. The molecule has 3 aromatic rings. The number of carbonyl (C=O) groups excluding carboxylic acids is 1. The second-order valence-corrected chi connectivity index (χ2v) is 7.11. The minimum Gasteiger partial charge on any atom is -0.423 e. The number of rotatable bonds is 7. The van der Waals surface area contributed by atoms with E-state index < -0.39 is 5.97 Å². The second-order valence-electron chi connectivity index (χ2n) is 7.11. The van der Waals surface area contributed by atoms with Crippen molar-refractivity contribution >= 4 is 23.0 Å². The number of nitrogens with one attached hydrogen (secondary N) is 1. The molecule has 0 aromatic heterocycles. The van der Waals surface area contributed by atoms with Gasteiger partial charge in [0.1, 0.15) is 5.75 Å². The molecule has 0 saturated carbocycles. The molecular formula is C27H24N2O2. The minimum atomic E-state index is -0.468. The Morgan fingerprint density at radius 1 is 0.903 bits per heavy atom. The molecule has 0 bridgehead atoms. The van der Waals surface area contributed by atoms with Crippen LogP contribution >= 0.6 is 0 Å². The van der Waals surface area contributed by atoms with Crippen LogP contribution in [0, 0.1) is 0 Å². The molecule has 0 fully saturated rings. The lowest BCUT2D eigenvalue weighted by atomic mass is 10.1. The molecule has 0 heterocycles. The number of allylic oxidation sites excluding steroid dienone is 3. The van der Waals surface area contributed by atoms with Crippen molar-refractivity contribution in [3.63, 3.8) is 0 Å². The Kier molecular flexibility index (Phi) is 6.29. The molecule has 0 atom stereocenters. The van der Waals surface area contributed by atoms with Crippen molar-refractivity contribution in [1.29, 1.82) is 0 Å². The van der Waals surface area contributed by atoms with Crippen LogP contribution in [0.5, 0.6) is 5.75 Å². The lowest BCUT2D eigenvalue weighted by molar-refractivity contribution is -0.128. The van der Waals surface area contributed by atoms with Crippen LogP contribution in [0.2, 0.25) is 0 Å². The number of hydrogen-bond acceptors (Lipinski definition) is 4. The molecule has 154 valence electrons. The van der Waals surface area contributed by atoms with Crippen LogP contribution in [0.25, 0.3) is 0 Å². The number of para-hydroxylation sites is 2. The second kappa shape index (κ2) is 9.63. The van der Waals surface area contributed by atoms with Gasteiger partial charge >= 0.3 is 5.97 Å². The maximum absolute atomic E-state index is 11.5. The zero-order chi connectivity index (χ0) is 21.5. The van der Waals surface area contributed by atoms with Gasteiger partial charge in [-0.1, -0.05) is 49.1 Å². The molecule has 0 amide bonds. The Morgan fingerprint density at radius 3 is 2.23 bits per heavy atom. The summed E-state index contributed by atoms with van der Waals surface area (Å²) in [6, 6.07) is 27.9. The Hall–Kier alpha value is -4.05. The molecule has 4 rings (SSSR count). The van der Waals surface area contributed by atoms with Gasteiger partial charge in [-0.05, 0) is 67.4 Å². The van der Waals surface area contributed by atoms with Crippen molar-refractivity contribution < 1.29 is 9.53 Å². The van der Waals surface area contributed by atoms with Gasteiger partial charge in [-0.3, -0.25) is 0 Å². The van der Waals surface area contributed by atoms with Crippen LogP contribution < -0.4 is 15.0 Å². The minimum absolute atomic E-state index is 0.468. The van der Waals surface area contributed by atoms with E-state index >= 15 is 0 Å². The summed E-state index contributed by atoms with van der Waals surface area (Å²) in [4.78, 5) is 13.7. The van der Waals surface area contributed by atoms with Gasteiger partial charge in [0, 0.05) is 34.5 Å². The summed E-state index contributed by atoms with van der Waals surface area (Å²) in [5, 5.41) is 3.50. The molecule has 4 heteroatoms. The summed E-state index contributed by atoms with van der Waals surface area (Å²) < 4.78 is 5.22. The van der Waals surface area contributed by atoms with E-state index in [-0.39, 0.29) is 0 Å². The van der Waals surface area contributed by atoms with E-state index in [1.807, 2.05) is 48.5 Å². The van der Waals surface area contributed by atoms with Gasteiger partial charge in [0.05, 0.1) is 0 Å². The topological polar surface area (TPSA) is 41.6 Å². The first-order valence-electron chi connectivity index (χ1n) is 10.3. The van der Waals surface area contributed by atoms with Gasteiger partial charge in [0.2, 0.25) is 0 Å². The van der Waals surface area contributed by atoms with Crippen molar-refractivity contribution in [2.24, 2.45) is 0 Å². The summed E-state index contributed by atoms with van der Waals surface area (Å²) in [5.74, 6) is 0.0232. The molecule has 1 aliphatic carbocycles. The highest BCUT2D eigenvalue weighted by Crippen LogP contribution is 2.35. The van der Waals surface area contributed by atoms with Gasteiger partial charge in [-0.2, -0.15) is 0 Å². The van der Waals surface area contributed by atoms with E-state index in [1.165, 1.54) is 5.70 Å². The van der Waals surface area contributed by atoms with Gasteiger partial charge in [-0.25, -0.2) is 4.79 Å².